The maximum Gasteiger partial charge on any atom is 0.152 e. The van der Waals surface area contributed by atoms with Gasteiger partial charge in [-0.15, -0.1) is 0 Å². The second-order valence-electron chi connectivity index (χ2n) is 6.70. The Morgan fingerprint density at radius 1 is 0.909 bits per heavy atom. The van der Waals surface area contributed by atoms with Gasteiger partial charge in [-0.25, -0.2) is 0 Å². The predicted molar refractivity (Wildman–Crippen MR) is 95.2 cm³/mol. The SMILES string of the molecule is CCC(=O)C(C)NC(C)C.CCNC(C(=O)C(C)C)C(C)C. The third kappa shape index (κ3) is 10.9. The Morgan fingerprint density at radius 2 is 1.41 bits per heavy atom. The predicted octanol–water partition coefficient (Wildman–Crippen LogP) is 3.20. The van der Waals surface area contributed by atoms with Crippen LogP contribution in [0, 0.1) is 11.8 Å². The van der Waals surface area contributed by atoms with E-state index in [1.807, 2.05) is 48.5 Å². The van der Waals surface area contributed by atoms with E-state index < -0.39 is 0 Å². The normalized spacial score (nSPS) is 13.8. The summed E-state index contributed by atoms with van der Waals surface area (Å²) >= 11 is 0. The average Bonchev–Trinajstić information content (AvgIpc) is 2.42. The molecule has 0 rings (SSSR count). The van der Waals surface area contributed by atoms with E-state index in [0.717, 1.165) is 6.54 Å². The molecule has 0 bridgehead atoms. The molecule has 0 aliphatic carbocycles. The zero-order chi connectivity index (χ0) is 17.9. The molecule has 0 fully saturated rings. The fourth-order valence-corrected chi connectivity index (χ4v) is 2.14. The number of likely N-dealkylation sites (N-methyl/N-ethyl adjacent to an activating group) is 1. The lowest BCUT2D eigenvalue weighted by Gasteiger charge is -2.22. The standard InChI is InChI=1S/C10H21NO.C8H17NO/c1-6-11-9(7(2)3)10(12)8(4)5;1-5-8(10)7(4)9-6(2)3/h7-9,11H,6H2,1-5H3;6-7,9H,5H2,1-4H3. The summed E-state index contributed by atoms with van der Waals surface area (Å²) in [5, 5.41) is 6.36. The van der Waals surface area contributed by atoms with Crippen LogP contribution in [0.4, 0.5) is 0 Å². The first-order valence-electron chi connectivity index (χ1n) is 8.64. The Morgan fingerprint density at radius 3 is 1.68 bits per heavy atom. The van der Waals surface area contributed by atoms with Crippen LogP contribution in [-0.2, 0) is 9.59 Å². The third-order valence-corrected chi connectivity index (χ3v) is 3.38. The largest absolute Gasteiger partial charge is 0.308 e. The maximum absolute atomic E-state index is 11.6. The zero-order valence-corrected chi connectivity index (χ0v) is 16.1. The lowest BCUT2D eigenvalue weighted by atomic mass is 9.93. The Balaban J connectivity index is 0. The molecule has 4 nitrogen and oxygen atoms in total. The Kier molecular flexibility index (Phi) is 13.7. The molecule has 0 saturated heterocycles. The lowest BCUT2D eigenvalue weighted by Crippen LogP contribution is -2.42. The van der Waals surface area contributed by atoms with Gasteiger partial charge < -0.3 is 10.6 Å². The molecule has 2 atom stereocenters. The van der Waals surface area contributed by atoms with Gasteiger partial charge in [0.25, 0.3) is 0 Å². The quantitative estimate of drug-likeness (QED) is 0.686. The van der Waals surface area contributed by atoms with E-state index >= 15 is 0 Å². The van der Waals surface area contributed by atoms with E-state index in [4.69, 9.17) is 0 Å². The van der Waals surface area contributed by atoms with Crippen LogP contribution >= 0.6 is 0 Å². The van der Waals surface area contributed by atoms with Gasteiger partial charge in [0.1, 0.15) is 5.78 Å². The van der Waals surface area contributed by atoms with Crippen LogP contribution < -0.4 is 10.6 Å². The highest BCUT2D eigenvalue weighted by Gasteiger charge is 2.22. The number of hydrogen-bond donors (Lipinski definition) is 2. The monoisotopic (exact) mass is 314 g/mol. The molecule has 0 saturated carbocycles. The summed E-state index contributed by atoms with van der Waals surface area (Å²) in [5.74, 6) is 1.14. The van der Waals surface area contributed by atoms with E-state index in [-0.39, 0.29) is 23.8 Å². The molecule has 0 radical (unpaired) electrons. The van der Waals surface area contributed by atoms with Crippen molar-refractivity contribution in [1.82, 2.24) is 10.6 Å². The second kappa shape index (κ2) is 12.8. The number of ketones is 2. The second-order valence-corrected chi connectivity index (χ2v) is 6.70. The van der Waals surface area contributed by atoms with E-state index in [9.17, 15) is 9.59 Å². The highest BCUT2D eigenvalue weighted by Crippen LogP contribution is 2.08. The van der Waals surface area contributed by atoms with Crippen LogP contribution in [-0.4, -0.2) is 36.2 Å². The third-order valence-electron chi connectivity index (χ3n) is 3.38. The number of carbonyl (C=O) groups is 2. The van der Waals surface area contributed by atoms with Crippen LogP contribution in [0.15, 0.2) is 0 Å². The molecule has 0 heterocycles. The lowest BCUT2D eigenvalue weighted by molar-refractivity contribution is -0.125. The van der Waals surface area contributed by atoms with Gasteiger partial charge in [-0.1, -0.05) is 55.4 Å². The molecule has 0 aliphatic heterocycles. The molecule has 2 unspecified atom stereocenters. The minimum Gasteiger partial charge on any atom is -0.308 e. The van der Waals surface area contributed by atoms with Crippen molar-refractivity contribution in [3.63, 3.8) is 0 Å². The molecular weight excluding hydrogens is 276 g/mol. The summed E-state index contributed by atoms with van der Waals surface area (Å²) in [5.41, 5.74) is 0. The molecular formula is C18H38N2O2. The number of nitrogens with one attached hydrogen (secondary N) is 2. The van der Waals surface area contributed by atoms with Crippen LogP contribution in [0.5, 0.6) is 0 Å². The average molecular weight is 315 g/mol. The highest BCUT2D eigenvalue weighted by molar-refractivity contribution is 5.85. The minimum atomic E-state index is 0.0185. The van der Waals surface area contributed by atoms with Gasteiger partial charge >= 0.3 is 0 Å². The highest BCUT2D eigenvalue weighted by atomic mass is 16.1. The first-order chi connectivity index (χ1) is 10.1. The smallest absolute Gasteiger partial charge is 0.152 e. The van der Waals surface area contributed by atoms with Gasteiger partial charge in [0.2, 0.25) is 0 Å². The van der Waals surface area contributed by atoms with Gasteiger partial charge in [-0.05, 0) is 19.4 Å². The fraction of sp³-hybridized carbons (Fsp3) is 0.889. The first kappa shape index (κ1) is 23.5. The summed E-state index contributed by atoms with van der Waals surface area (Å²) in [6, 6.07) is 0.450. The fourth-order valence-electron chi connectivity index (χ4n) is 2.14. The van der Waals surface area contributed by atoms with Crippen LogP contribution in [0.25, 0.3) is 0 Å². The molecule has 22 heavy (non-hydrogen) atoms. The van der Waals surface area contributed by atoms with Gasteiger partial charge in [-0.2, -0.15) is 0 Å². The van der Waals surface area contributed by atoms with E-state index in [2.05, 4.69) is 24.5 Å². The number of rotatable bonds is 9. The number of hydrogen-bond acceptors (Lipinski definition) is 4. The summed E-state index contributed by atoms with van der Waals surface area (Å²) < 4.78 is 0. The summed E-state index contributed by atoms with van der Waals surface area (Å²) in [7, 11) is 0. The molecule has 0 amide bonds. The van der Waals surface area contributed by atoms with Crippen molar-refractivity contribution >= 4 is 11.6 Å². The summed E-state index contributed by atoms with van der Waals surface area (Å²) in [6.45, 7) is 18.8. The summed E-state index contributed by atoms with van der Waals surface area (Å²) in [6.07, 6.45) is 0.626. The van der Waals surface area contributed by atoms with E-state index in [0.29, 0.717) is 24.2 Å². The topological polar surface area (TPSA) is 58.2 Å². The molecule has 0 spiro atoms. The van der Waals surface area contributed by atoms with Gasteiger partial charge in [-0.3, -0.25) is 9.59 Å². The number of carbonyl (C=O) groups excluding carboxylic acids is 2. The van der Waals surface area contributed by atoms with Crippen LogP contribution in [0.1, 0.15) is 68.7 Å². The molecule has 2 N–H and O–H groups in total. The zero-order valence-electron chi connectivity index (χ0n) is 16.1. The van der Waals surface area contributed by atoms with Crippen molar-refractivity contribution < 1.29 is 9.59 Å². The van der Waals surface area contributed by atoms with Crippen LogP contribution in [0.2, 0.25) is 0 Å². The molecule has 132 valence electrons. The Hall–Kier alpha value is -0.740. The molecule has 0 aliphatic rings. The molecule has 4 heteroatoms. The van der Waals surface area contributed by atoms with Crippen molar-refractivity contribution in [2.24, 2.45) is 11.8 Å². The van der Waals surface area contributed by atoms with Gasteiger partial charge in [0.15, 0.2) is 5.78 Å². The molecule has 0 aromatic rings. The molecule has 0 aromatic heterocycles. The minimum absolute atomic E-state index is 0.0185. The first-order valence-corrected chi connectivity index (χ1v) is 8.64. The van der Waals surface area contributed by atoms with Gasteiger partial charge in [0.05, 0.1) is 12.1 Å². The van der Waals surface area contributed by atoms with Gasteiger partial charge in [0, 0.05) is 18.4 Å². The molecule has 0 aromatic carbocycles. The maximum atomic E-state index is 11.6. The van der Waals surface area contributed by atoms with Crippen molar-refractivity contribution in [2.45, 2.75) is 86.9 Å². The van der Waals surface area contributed by atoms with E-state index in [1.54, 1.807) is 0 Å². The van der Waals surface area contributed by atoms with Crippen LogP contribution in [0.3, 0.4) is 0 Å². The summed E-state index contributed by atoms with van der Waals surface area (Å²) in [4.78, 5) is 22.6. The van der Waals surface area contributed by atoms with Crippen molar-refractivity contribution in [3.8, 4) is 0 Å². The number of Topliss-reactive ketones (excluding diaryl/α,β-unsaturated/α-hetero) is 2. The Bertz CT molecular complexity index is 312. The van der Waals surface area contributed by atoms with Crippen molar-refractivity contribution in [1.29, 1.82) is 0 Å². The van der Waals surface area contributed by atoms with E-state index in [1.165, 1.54) is 0 Å². The van der Waals surface area contributed by atoms with Crippen molar-refractivity contribution in [3.05, 3.63) is 0 Å². The van der Waals surface area contributed by atoms with Crippen molar-refractivity contribution in [2.75, 3.05) is 6.54 Å². The Labute approximate surface area is 137 Å².